The molecule has 1 amide bonds. The molecule has 1 atom stereocenters. The number of carbonyl (C=O) groups is 1. The first-order chi connectivity index (χ1) is 8.69. The SMILES string of the molecule is COc1ccc(C)cc1NC(=O)CC1C=CCC1. The van der Waals surface area contributed by atoms with Crippen molar-refractivity contribution < 1.29 is 9.53 Å². The summed E-state index contributed by atoms with van der Waals surface area (Å²) >= 11 is 0. The van der Waals surface area contributed by atoms with Gasteiger partial charge in [-0.05, 0) is 43.4 Å². The third-order valence-electron chi connectivity index (χ3n) is 3.19. The monoisotopic (exact) mass is 245 g/mol. The summed E-state index contributed by atoms with van der Waals surface area (Å²) in [6, 6.07) is 5.77. The molecule has 0 radical (unpaired) electrons. The highest BCUT2D eigenvalue weighted by Gasteiger charge is 2.15. The quantitative estimate of drug-likeness (QED) is 0.826. The molecule has 96 valence electrons. The van der Waals surface area contributed by atoms with Crippen LogP contribution in [0.1, 0.15) is 24.8 Å². The van der Waals surface area contributed by atoms with Crippen molar-refractivity contribution in [3.05, 3.63) is 35.9 Å². The fourth-order valence-electron chi connectivity index (χ4n) is 2.22. The minimum Gasteiger partial charge on any atom is -0.495 e. The smallest absolute Gasteiger partial charge is 0.225 e. The van der Waals surface area contributed by atoms with Crippen molar-refractivity contribution in [3.63, 3.8) is 0 Å². The molecule has 3 heteroatoms. The van der Waals surface area contributed by atoms with Gasteiger partial charge in [-0.15, -0.1) is 0 Å². The maximum atomic E-state index is 11.9. The molecule has 3 nitrogen and oxygen atoms in total. The average molecular weight is 245 g/mol. The number of anilines is 1. The molecule has 0 aliphatic heterocycles. The number of rotatable bonds is 4. The normalized spacial score (nSPS) is 17.8. The van der Waals surface area contributed by atoms with Gasteiger partial charge in [0.1, 0.15) is 5.75 Å². The van der Waals surface area contributed by atoms with Crippen LogP contribution in [-0.4, -0.2) is 13.0 Å². The number of hydrogen-bond donors (Lipinski definition) is 1. The lowest BCUT2D eigenvalue weighted by Crippen LogP contribution is -2.15. The largest absolute Gasteiger partial charge is 0.495 e. The van der Waals surface area contributed by atoms with Gasteiger partial charge < -0.3 is 10.1 Å². The molecule has 0 heterocycles. The van der Waals surface area contributed by atoms with Gasteiger partial charge in [-0.3, -0.25) is 4.79 Å². The van der Waals surface area contributed by atoms with E-state index in [1.165, 1.54) is 0 Å². The molecule has 1 aliphatic rings. The van der Waals surface area contributed by atoms with E-state index in [2.05, 4.69) is 17.5 Å². The van der Waals surface area contributed by atoms with Gasteiger partial charge in [-0.1, -0.05) is 18.2 Å². The second kappa shape index (κ2) is 5.71. The highest BCUT2D eigenvalue weighted by atomic mass is 16.5. The van der Waals surface area contributed by atoms with E-state index in [-0.39, 0.29) is 5.91 Å². The molecule has 1 N–H and O–H groups in total. The van der Waals surface area contributed by atoms with Gasteiger partial charge in [0.25, 0.3) is 0 Å². The van der Waals surface area contributed by atoms with Gasteiger partial charge in [-0.2, -0.15) is 0 Å². The molecule has 2 rings (SSSR count). The van der Waals surface area contributed by atoms with Crippen LogP contribution in [0.4, 0.5) is 5.69 Å². The Morgan fingerprint density at radius 2 is 2.33 bits per heavy atom. The molecule has 0 saturated carbocycles. The Morgan fingerprint density at radius 3 is 3.00 bits per heavy atom. The Morgan fingerprint density at radius 1 is 1.50 bits per heavy atom. The van der Waals surface area contributed by atoms with Crippen molar-refractivity contribution in [2.45, 2.75) is 26.2 Å². The Bertz CT molecular complexity index is 466. The second-order valence-electron chi connectivity index (χ2n) is 4.72. The molecule has 0 aromatic heterocycles. The lowest BCUT2D eigenvalue weighted by molar-refractivity contribution is -0.116. The molecule has 18 heavy (non-hydrogen) atoms. The van der Waals surface area contributed by atoms with Crippen LogP contribution in [0.25, 0.3) is 0 Å². The first kappa shape index (κ1) is 12.7. The minimum absolute atomic E-state index is 0.0513. The van der Waals surface area contributed by atoms with Crippen molar-refractivity contribution in [2.24, 2.45) is 5.92 Å². The van der Waals surface area contributed by atoms with Gasteiger partial charge >= 0.3 is 0 Å². The van der Waals surface area contributed by atoms with Crippen molar-refractivity contribution >= 4 is 11.6 Å². The molecular formula is C15H19NO2. The highest BCUT2D eigenvalue weighted by Crippen LogP contribution is 2.26. The molecule has 0 spiro atoms. The van der Waals surface area contributed by atoms with Gasteiger partial charge in [0.15, 0.2) is 0 Å². The van der Waals surface area contributed by atoms with Crippen molar-refractivity contribution in [1.82, 2.24) is 0 Å². The fraction of sp³-hybridized carbons (Fsp3) is 0.400. The van der Waals surface area contributed by atoms with Crippen molar-refractivity contribution in [3.8, 4) is 5.75 Å². The Hall–Kier alpha value is -1.77. The number of benzene rings is 1. The second-order valence-corrected chi connectivity index (χ2v) is 4.72. The molecule has 1 aromatic rings. The highest BCUT2D eigenvalue weighted by molar-refractivity contribution is 5.92. The molecule has 1 unspecified atom stereocenters. The van der Waals surface area contributed by atoms with Crippen LogP contribution in [0.2, 0.25) is 0 Å². The van der Waals surface area contributed by atoms with E-state index < -0.39 is 0 Å². The topological polar surface area (TPSA) is 38.3 Å². The molecule has 1 aromatic carbocycles. The summed E-state index contributed by atoms with van der Waals surface area (Å²) in [6.45, 7) is 1.99. The zero-order valence-corrected chi connectivity index (χ0v) is 10.9. The number of allylic oxidation sites excluding steroid dienone is 2. The van der Waals surface area contributed by atoms with Crippen LogP contribution < -0.4 is 10.1 Å². The van der Waals surface area contributed by atoms with Crippen LogP contribution in [0.3, 0.4) is 0 Å². The maximum Gasteiger partial charge on any atom is 0.225 e. The van der Waals surface area contributed by atoms with Crippen molar-refractivity contribution in [1.29, 1.82) is 0 Å². The van der Waals surface area contributed by atoms with Crippen LogP contribution in [-0.2, 0) is 4.79 Å². The summed E-state index contributed by atoms with van der Waals surface area (Å²) in [6.07, 6.45) is 7.00. The van der Waals surface area contributed by atoms with E-state index in [4.69, 9.17) is 4.74 Å². The van der Waals surface area contributed by atoms with E-state index in [1.54, 1.807) is 7.11 Å². The van der Waals surface area contributed by atoms with Gasteiger partial charge in [0, 0.05) is 6.42 Å². The molecule has 0 saturated heterocycles. The average Bonchev–Trinajstić information content (AvgIpc) is 2.82. The van der Waals surface area contributed by atoms with E-state index in [1.807, 2.05) is 25.1 Å². The first-order valence-corrected chi connectivity index (χ1v) is 6.30. The van der Waals surface area contributed by atoms with Crippen LogP contribution in [0, 0.1) is 12.8 Å². The van der Waals surface area contributed by atoms with E-state index in [0.717, 1.165) is 24.1 Å². The standard InChI is InChI=1S/C15H19NO2/c1-11-7-8-14(18-2)13(9-11)16-15(17)10-12-5-3-4-6-12/h3,5,7-9,12H,4,6,10H2,1-2H3,(H,16,17). The van der Waals surface area contributed by atoms with Gasteiger partial charge in [0.05, 0.1) is 12.8 Å². The summed E-state index contributed by atoms with van der Waals surface area (Å²) in [5.74, 6) is 1.15. The summed E-state index contributed by atoms with van der Waals surface area (Å²) in [7, 11) is 1.61. The number of methoxy groups -OCH3 is 1. The number of hydrogen-bond acceptors (Lipinski definition) is 2. The Labute approximate surface area is 108 Å². The number of ether oxygens (including phenoxy) is 1. The third-order valence-corrected chi connectivity index (χ3v) is 3.19. The number of carbonyl (C=O) groups excluding carboxylic acids is 1. The van der Waals surface area contributed by atoms with Crippen LogP contribution in [0.5, 0.6) is 5.75 Å². The molecule has 0 bridgehead atoms. The minimum atomic E-state index is 0.0513. The van der Waals surface area contributed by atoms with Crippen molar-refractivity contribution in [2.75, 3.05) is 12.4 Å². The van der Waals surface area contributed by atoms with Gasteiger partial charge in [-0.25, -0.2) is 0 Å². The number of nitrogens with one attached hydrogen (secondary N) is 1. The number of amides is 1. The molecule has 0 fully saturated rings. The van der Waals surface area contributed by atoms with E-state index in [0.29, 0.717) is 18.1 Å². The lowest BCUT2D eigenvalue weighted by Gasteiger charge is -2.12. The van der Waals surface area contributed by atoms with Crippen LogP contribution >= 0.6 is 0 Å². The third kappa shape index (κ3) is 3.13. The van der Waals surface area contributed by atoms with Gasteiger partial charge in [0.2, 0.25) is 5.91 Å². The Kier molecular flexibility index (Phi) is 4.03. The fourth-order valence-corrected chi connectivity index (χ4v) is 2.22. The first-order valence-electron chi connectivity index (χ1n) is 6.30. The zero-order chi connectivity index (χ0) is 13.0. The number of aryl methyl sites for hydroxylation is 1. The summed E-state index contributed by atoms with van der Waals surface area (Å²) in [5, 5.41) is 2.93. The van der Waals surface area contributed by atoms with Crippen LogP contribution in [0.15, 0.2) is 30.4 Å². The summed E-state index contributed by atoms with van der Waals surface area (Å²) < 4.78 is 5.24. The molecular weight excluding hydrogens is 226 g/mol. The lowest BCUT2D eigenvalue weighted by atomic mass is 10.0. The predicted octanol–water partition coefficient (Wildman–Crippen LogP) is 3.30. The summed E-state index contributed by atoms with van der Waals surface area (Å²) in [5.41, 5.74) is 1.86. The summed E-state index contributed by atoms with van der Waals surface area (Å²) in [4.78, 5) is 11.9. The zero-order valence-electron chi connectivity index (χ0n) is 10.9. The molecule has 1 aliphatic carbocycles. The predicted molar refractivity (Wildman–Crippen MR) is 72.8 cm³/mol. The van der Waals surface area contributed by atoms with E-state index >= 15 is 0 Å². The Balaban J connectivity index is 2.01. The van der Waals surface area contributed by atoms with E-state index in [9.17, 15) is 4.79 Å². The maximum absolute atomic E-state index is 11.9.